The van der Waals surface area contributed by atoms with Gasteiger partial charge in [0, 0.05) is 11.1 Å². The van der Waals surface area contributed by atoms with E-state index in [-0.39, 0.29) is 17.0 Å². The molecule has 0 aliphatic heterocycles. The molecular weight excluding hydrogens is 352 g/mol. The molecule has 28 heavy (non-hydrogen) atoms. The smallest absolute Gasteiger partial charge is 0.0724 e. The number of carbonyl (C=O) groups excluding carboxylic acids is 2. The second kappa shape index (κ2) is 14.2. The van der Waals surface area contributed by atoms with Crippen LogP contribution in [0.15, 0.2) is 18.2 Å². The van der Waals surface area contributed by atoms with Gasteiger partial charge in [-0.15, -0.1) is 0 Å². The van der Waals surface area contributed by atoms with Crippen molar-refractivity contribution in [3.8, 4) is 0 Å². The summed E-state index contributed by atoms with van der Waals surface area (Å²) >= 11 is 0. The van der Waals surface area contributed by atoms with Crippen LogP contribution in [-0.4, -0.2) is 11.9 Å². The number of hydrogen-bond acceptors (Lipinski definition) is 4. The van der Waals surface area contributed by atoms with E-state index >= 15 is 0 Å². The fourth-order valence-electron chi connectivity index (χ4n) is 3.92. The standard InChI is InChI=1S/C24H38O4/c1-3-5-7-8-9-10-11-12-13-16-19(15-6-4-2)20-17-14-18-21(23(25)26)22(20)24(27)28/h14,17-19H,3-13,15-16H2,1-2H3,(H,25,26)(H,27,28)/p-2. The van der Waals surface area contributed by atoms with E-state index in [4.69, 9.17) is 0 Å². The molecule has 0 fully saturated rings. The number of unbranched alkanes of at least 4 members (excludes halogenated alkanes) is 9. The summed E-state index contributed by atoms with van der Waals surface area (Å²) < 4.78 is 0. The van der Waals surface area contributed by atoms with Crippen molar-refractivity contribution in [1.82, 2.24) is 0 Å². The van der Waals surface area contributed by atoms with Gasteiger partial charge in [-0.2, -0.15) is 0 Å². The van der Waals surface area contributed by atoms with Crippen LogP contribution in [0.4, 0.5) is 0 Å². The number of hydrogen-bond donors (Lipinski definition) is 0. The monoisotopic (exact) mass is 388 g/mol. The van der Waals surface area contributed by atoms with Gasteiger partial charge in [-0.3, -0.25) is 0 Å². The van der Waals surface area contributed by atoms with Crippen molar-refractivity contribution >= 4 is 11.9 Å². The Morgan fingerprint density at radius 2 is 1.29 bits per heavy atom. The van der Waals surface area contributed by atoms with Crippen LogP contribution in [0.25, 0.3) is 0 Å². The van der Waals surface area contributed by atoms with E-state index < -0.39 is 11.9 Å². The van der Waals surface area contributed by atoms with E-state index in [0.717, 1.165) is 38.5 Å². The number of aromatic carboxylic acids is 2. The zero-order chi connectivity index (χ0) is 20.8. The summed E-state index contributed by atoms with van der Waals surface area (Å²) in [6.45, 7) is 4.33. The Kier molecular flexibility index (Phi) is 12.3. The predicted octanol–water partition coefficient (Wildman–Crippen LogP) is 4.61. The van der Waals surface area contributed by atoms with Crippen molar-refractivity contribution in [2.45, 2.75) is 103 Å². The lowest BCUT2D eigenvalue weighted by Gasteiger charge is -2.23. The fraction of sp³-hybridized carbons (Fsp3) is 0.667. The molecule has 0 amide bonds. The summed E-state index contributed by atoms with van der Waals surface area (Å²) in [6.07, 6.45) is 14.9. The zero-order valence-electron chi connectivity index (χ0n) is 17.6. The van der Waals surface area contributed by atoms with E-state index in [9.17, 15) is 19.8 Å². The number of carbonyl (C=O) groups is 2. The lowest BCUT2D eigenvalue weighted by Crippen LogP contribution is -2.31. The van der Waals surface area contributed by atoms with E-state index in [2.05, 4.69) is 13.8 Å². The van der Waals surface area contributed by atoms with Crippen LogP contribution in [0.1, 0.15) is 130 Å². The summed E-state index contributed by atoms with van der Waals surface area (Å²) in [5, 5.41) is 23.0. The Hall–Kier alpha value is -1.84. The highest BCUT2D eigenvalue weighted by Gasteiger charge is 2.18. The number of carboxylic acids is 2. The number of carboxylic acid groups (broad SMARTS) is 2. The van der Waals surface area contributed by atoms with Gasteiger partial charge >= 0.3 is 0 Å². The largest absolute Gasteiger partial charge is 0.545 e. The second-order valence-corrected chi connectivity index (χ2v) is 7.80. The van der Waals surface area contributed by atoms with Crippen LogP contribution in [0.3, 0.4) is 0 Å². The van der Waals surface area contributed by atoms with Crippen LogP contribution < -0.4 is 10.2 Å². The molecule has 4 nitrogen and oxygen atoms in total. The molecule has 0 aliphatic rings. The van der Waals surface area contributed by atoms with Gasteiger partial charge < -0.3 is 19.8 Å². The molecule has 0 spiro atoms. The molecule has 0 bridgehead atoms. The average Bonchev–Trinajstić information content (AvgIpc) is 2.68. The van der Waals surface area contributed by atoms with E-state index in [0.29, 0.717) is 5.56 Å². The van der Waals surface area contributed by atoms with E-state index in [1.165, 1.54) is 51.0 Å². The normalized spacial score (nSPS) is 12.1. The lowest BCUT2D eigenvalue weighted by atomic mass is 9.84. The third kappa shape index (κ3) is 8.45. The highest BCUT2D eigenvalue weighted by Crippen LogP contribution is 2.32. The number of benzene rings is 1. The Morgan fingerprint density at radius 1 is 0.750 bits per heavy atom. The average molecular weight is 389 g/mol. The molecule has 1 aromatic carbocycles. The minimum absolute atomic E-state index is 0.0525. The lowest BCUT2D eigenvalue weighted by molar-refractivity contribution is -0.259. The number of rotatable bonds is 16. The minimum atomic E-state index is -1.46. The van der Waals surface area contributed by atoms with Gasteiger partial charge in [0.2, 0.25) is 0 Å². The van der Waals surface area contributed by atoms with Crippen LogP contribution in [-0.2, 0) is 0 Å². The second-order valence-electron chi connectivity index (χ2n) is 7.80. The molecule has 1 unspecified atom stereocenters. The Bertz CT molecular complexity index is 594. The first-order valence-electron chi connectivity index (χ1n) is 11.1. The third-order valence-electron chi connectivity index (χ3n) is 5.52. The maximum absolute atomic E-state index is 11.6. The van der Waals surface area contributed by atoms with Gasteiger partial charge in [0.05, 0.1) is 11.9 Å². The third-order valence-corrected chi connectivity index (χ3v) is 5.52. The first-order valence-corrected chi connectivity index (χ1v) is 11.1. The van der Waals surface area contributed by atoms with Crippen molar-refractivity contribution < 1.29 is 19.8 Å². The highest BCUT2D eigenvalue weighted by molar-refractivity contribution is 6.01. The molecule has 158 valence electrons. The maximum Gasteiger partial charge on any atom is 0.0724 e. The van der Waals surface area contributed by atoms with Crippen molar-refractivity contribution in [2.75, 3.05) is 0 Å². The van der Waals surface area contributed by atoms with Crippen LogP contribution in [0, 0.1) is 0 Å². The Balaban J connectivity index is 2.67. The quantitative estimate of drug-likeness (QED) is 0.387. The molecule has 0 N–H and O–H groups in total. The molecule has 1 atom stereocenters. The van der Waals surface area contributed by atoms with Crippen molar-refractivity contribution in [3.63, 3.8) is 0 Å². The van der Waals surface area contributed by atoms with Crippen LogP contribution in [0.2, 0.25) is 0 Å². The molecule has 0 aliphatic carbocycles. The zero-order valence-corrected chi connectivity index (χ0v) is 17.6. The molecule has 0 saturated heterocycles. The highest BCUT2D eigenvalue weighted by atomic mass is 16.4. The van der Waals surface area contributed by atoms with Crippen LogP contribution in [0.5, 0.6) is 0 Å². The summed E-state index contributed by atoms with van der Waals surface area (Å²) in [7, 11) is 0. The predicted molar refractivity (Wildman–Crippen MR) is 109 cm³/mol. The topological polar surface area (TPSA) is 80.3 Å². The van der Waals surface area contributed by atoms with Gasteiger partial charge in [-0.1, -0.05) is 103 Å². The molecule has 0 radical (unpaired) electrons. The molecule has 4 heteroatoms. The fourth-order valence-corrected chi connectivity index (χ4v) is 3.92. The van der Waals surface area contributed by atoms with Gasteiger partial charge in [-0.05, 0) is 24.3 Å². The first kappa shape index (κ1) is 24.2. The molecule has 0 heterocycles. The van der Waals surface area contributed by atoms with Gasteiger partial charge in [0.15, 0.2) is 0 Å². The summed E-state index contributed by atoms with van der Waals surface area (Å²) in [5.74, 6) is -2.83. The van der Waals surface area contributed by atoms with Crippen molar-refractivity contribution in [1.29, 1.82) is 0 Å². The van der Waals surface area contributed by atoms with Gasteiger partial charge in [-0.25, -0.2) is 0 Å². The summed E-state index contributed by atoms with van der Waals surface area (Å²) in [6, 6.07) is 4.65. The van der Waals surface area contributed by atoms with Gasteiger partial charge in [0.25, 0.3) is 0 Å². The van der Waals surface area contributed by atoms with E-state index in [1.54, 1.807) is 12.1 Å². The van der Waals surface area contributed by atoms with Gasteiger partial charge in [0.1, 0.15) is 0 Å². The molecule has 0 aromatic heterocycles. The minimum Gasteiger partial charge on any atom is -0.545 e. The summed E-state index contributed by atoms with van der Waals surface area (Å²) in [4.78, 5) is 23.0. The summed E-state index contributed by atoms with van der Waals surface area (Å²) in [5.41, 5.74) is 0.125. The molecule has 1 rings (SSSR count). The Labute approximate surface area is 170 Å². The first-order chi connectivity index (χ1) is 13.5. The van der Waals surface area contributed by atoms with Crippen molar-refractivity contribution in [3.05, 3.63) is 34.9 Å². The van der Waals surface area contributed by atoms with Crippen molar-refractivity contribution in [2.24, 2.45) is 0 Å². The van der Waals surface area contributed by atoms with Crippen LogP contribution >= 0.6 is 0 Å². The Morgan fingerprint density at radius 3 is 1.82 bits per heavy atom. The molecule has 0 saturated carbocycles. The molecular formula is C24H36O4-2. The van der Waals surface area contributed by atoms with E-state index in [1.807, 2.05) is 0 Å². The molecule has 1 aromatic rings. The maximum atomic E-state index is 11.6. The SMILES string of the molecule is CCCCCCCCCCCC(CCCC)c1cccc(C(=O)[O-])c1C(=O)[O-].